The first-order valence-corrected chi connectivity index (χ1v) is 11.9. The Balaban J connectivity index is 1.96. The Morgan fingerprint density at radius 1 is 0.568 bits per heavy atom. The zero-order valence-electron chi connectivity index (χ0n) is 21.8. The number of carbonyl (C=O) groups excluding carboxylic acids is 2. The van der Waals surface area contributed by atoms with Crippen molar-refractivity contribution in [2.24, 2.45) is 0 Å². The van der Waals surface area contributed by atoms with Gasteiger partial charge in [0.15, 0.2) is 11.5 Å². The van der Waals surface area contributed by atoms with Gasteiger partial charge in [0, 0.05) is 16.2 Å². The Kier molecular flexibility index (Phi) is 6.99. The summed E-state index contributed by atoms with van der Waals surface area (Å²) in [4.78, 5) is 25.5. The Hall–Kier alpha value is -4.26. The topological polar surface area (TPSA) is 80.3 Å². The van der Waals surface area contributed by atoms with Crippen LogP contribution in [0.1, 0.15) is 41.5 Å². The van der Waals surface area contributed by atoms with E-state index in [2.05, 4.69) is 0 Å². The number of ether oxygens (including phenoxy) is 5. The number of para-hydroxylation sites is 1. The summed E-state index contributed by atoms with van der Waals surface area (Å²) in [6.07, 6.45) is -1.72. The highest BCUT2D eigenvalue weighted by molar-refractivity contribution is 6.14. The summed E-state index contributed by atoms with van der Waals surface area (Å²) in [6.45, 7) is 10.5. The van der Waals surface area contributed by atoms with Gasteiger partial charge in [-0.3, -0.25) is 0 Å². The number of benzene rings is 4. The fourth-order valence-corrected chi connectivity index (χ4v) is 3.74. The van der Waals surface area contributed by atoms with Crippen molar-refractivity contribution in [1.29, 1.82) is 0 Å². The van der Waals surface area contributed by atoms with E-state index in [1.165, 1.54) is 0 Å². The predicted molar refractivity (Wildman–Crippen MR) is 142 cm³/mol. The number of carbonyl (C=O) groups is 2. The van der Waals surface area contributed by atoms with Crippen LogP contribution in [0.25, 0.3) is 21.5 Å². The molecular formula is C30H30O7. The van der Waals surface area contributed by atoms with Gasteiger partial charge in [0.2, 0.25) is 0 Å². The average molecular weight is 503 g/mol. The highest BCUT2D eigenvalue weighted by Gasteiger charge is 2.27. The third-order valence-electron chi connectivity index (χ3n) is 5.04. The molecule has 0 bridgehead atoms. The highest BCUT2D eigenvalue weighted by Crippen LogP contribution is 2.47. The normalized spacial score (nSPS) is 11.7. The van der Waals surface area contributed by atoms with E-state index in [1.807, 2.05) is 30.3 Å². The van der Waals surface area contributed by atoms with Gasteiger partial charge in [0.25, 0.3) is 0 Å². The van der Waals surface area contributed by atoms with Crippen LogP contribution >= 0.6 is 0 Å². The van der Waals surface area contributed by atoms with Gasteiger partial charge in [-0.25, -0.2) is 9.59 Å². The molecule has 37 heavy (non-hydrogen) atoms. The van der Waals surface area contributed by atoms with Crippen LogP contribution in [0.5, 0.6) is 23.0 Å². The number of hydrogen-bond acceptors (Lipinski definition) is 7. The summed E-state index contributed by atoms with van der Waals surface area (Å²) in [7, 11) is 0. The van der Waals surface area contributed by atoms with Crippen LogP contribution in [0.3, 0.4) is 0 Å². The van der Waals surface area contributed by atoms with E-state index >= 15 is 0 Å². The van der Waals surface area contributed by atoms with Crippen LogP contribution in [-0.4, -0.2) is 23.5 Å². The Bertz CT molecular complexity index is 1440. The second kappa shape index (κ2) is 10.0. The number of rotatable bonds is 4. The maximum atomic E-state index is 12.8. The monoisotopic (exact) mass is 502 g/mol. The van der Waals surface area contributed by atoms with Gasteiger partial charge in [0.1, 0.15) is 22.7 Å². The molecule has 4 rings (SSSR count). The summed E-state index contributed by atoms with van der Waals surface area (Å²) >= 11 is 0. The lowest BCUT2D eigenvalue weighted by Gasteiger charge is -2.22. The first-order chi connectivity index (χ1) is 17.4. The van der Waals surface area contributed by atoms with E-state index < -0.39 is 23.5 Å². The molecule has 0 spiro atoms. The molecule has 0 amide bonds. The summed E-state index contributed by atoms with van der Waals surface area (Å²) in [5, 5.41) is 2.02. The van der Waals surface area contributed by atoms with E-state index in [0.29, 0.717) is 33.0 Å². The molecule has 192 valence electrons. The van der Waals surface area contributed by atoms with Crippen LogP contribution in [0, 0.1) is 0 Å². The molecule has 0 fully saturated rings. The molecule has 0 heterocycles. The van der Waals surface area contributed by atoms with Crippen molar-refractivity contribution in [1.82, 2.24) is 0 Å². The first kappa shape index (κ1) is 25.8. The second-order valence-electron chi connectivity index (χ2n) is 10.4. The van der Waals surface area contributed by atoms with Crippen molar-refractivity contribution in [2.75, 3.05) is 0 Å². The quantitative estimate of drug-likeness (QED) is 0.157. The largest absolute Gasteiger partial charge is 0.514 e. The molecule has 0 aliphatic heterocycles. The lowest BCUT2D eigenvalue weighted by Crippen LogP contribution is -2.26. The third kappa shape index (κ3) is 6.30. The SMILES string of the molecule is CC(C)(C)OC(=O)Oc1c2ccccc2c(OC(=O)OC(C)(C)C)c2c(Oc3ccccc3)cccc12. The zero-order valence-corrected chi connectivity index (χ0v) is 21.8. The molecule has 0 aliphatic carbocycles. The van der Waals surface area contributed by atoms with Crippen LogP contribution in [-0.2, 0) is 9.47 Å². The molecule has 0 unspecified atom stereocenters. The van der Waals surface area contributed by atoms with E-state index in [1.54, 1.807) is 84.0 Å². The van der Waals surface area contributed by atoms with E-state index in [4.69, 9.17) is 23.7 Å². The lowest BCUT2D eigenvalue weighted by atomic mass is 9.99. The Labute approximate surface area is 215 Å². The molecule has 0 radical (unpaired) electrons. The molecule has 7 heteroatoms. The van der Waals surface area contributed by atoms with Crippen LogP contribution in [0.2, 0.25) is 0 Å². The zero-order chi connectivity index (χ0) is 26.8. The molecule has 0 saturated carbocycles. The minimum absolute atomic E-state index is 0.225. The van der Waals surface area contributed by atoms with Gasteiger partial charge in [-0.2, -0.15) is 0 Å². The molecular weight excluding hydrogens is 472 g/mol. The molecule has 0 atom stereocenters. The Morgan fingerprint density at radius 2 is 1.05 bits per heavy atom. The van der Waals surface area contributed by atoms with Crippen molar-refractivity contribution >= 4 is 33.9 Å². The predicted octanol–water partition coefficient (Wildman–Crippen LogP) is 8.41. The van der Waals surface area contributed by atoms with Gasteiger partial charge in [-0.05, 0) is 59.7 Å². The average Bonchev–Trinajstić information content (AvgIpc) is 2.79. The molecule has 0 aromatic heterocycles. The van der Waals surface area contributed by atoms with Gasteiger partial charge >= 0.3 is 12.3 Å². The van der Waals surface area contributed by atoms with E-state index in [9.17, 15) is 9.59 Å². The van der Waals surface area contributed by atoms with Crippen LogP contribution in [0.15, 0.2) is 72.8 Å². The van der Waals surface area contributed by atoms with Crippen molar-refractivity contribution in [3.05, 3.63) is 72.8 Å². The second-order valence-corrected chi connectivity index (χ2v) is 10.4. The maximum Gasteiger partial charge on any atom is 0.514 e. The molecule has 0 saturated heterocycles. The Morgan fingerprint density at radius 3 is 1.62 bits per heavy atom. The summed E-state index contributed by atoms with van der Waals surface area (Å²) < 4.78 is 28.7. The van der Waals surface area contributed by atoms with Gasteiger partial charge < -0.3 is 23.7 Å². The van der Waals surface area contributed by atoms with Gasteiger partial charge in [-0.1, -0.05) is 54.6 Å². The van der Waals surface area contributed by atoms with E-state index in [-0.39, 0.29) is 11.5 Å². The molecule has 4 aromatic rings. The van der Waals surface area contributed by atoms with Crippen LogP contribution in [0.4, 0.5) is 9.59 Å². The van der Waals surface area contributed by atoms with Crippen LogP contribution < -0.4 is 14.2 Å². The summed E-state index contributed by atoms with van der Waals surface area (Å²) in [5.74, 6) is 1.47. The van der Waals surface area contributed by atoms with Gasteiger partial charge in [-0.15, -0.1) is 0 Å². The smallest absolute Gasteiger partial charge is 0.457 e. The summed E-state index contributed by atoms with van der Waals surface area (Å²) in [6, 6.07) is 21.7. The number of hydrogen-bond donors (Lipinski definition) is 0. The molecule has 0 aliphatic rings. The minimum Gasteiger partial charge on any atom is -0.457 e. The first-order valence-electron chi connectivity index (χ1n) is 11.9. The maximum absolute atomic E-state index is 12.8. The van der Waals surface area contributed by atoms with Crippen molar-refractivity contribution in [2.45, 2.75) is 52.7 Å². The van der Waals surface area contributed by atoms with Crippen molar-refractivity contribution in [3.63, 3.8) is 0 Å². The standard InChI is InChI=1S/C30H30O7/c1-29(2,3)36-27(31)34-25-20-15-10-11-16-21(20)26(35-28(32)37-30(4,5)6)24-22(25)17-12-18-23(24)33-19-13-8-7-9-14-19/h7-18H,1-6H3. The van der Waals surface area contributed by atoms with Crippen molar-refractivity contribution < 1.29 is 33.3 Å². The molecule has 4 aromatic carbocycles. The lowest BCUT2D eigenvalue weighted by molar-refractivity contribution is 0.0194. The third-order valence-corrected chi connectivity index (χ3v) is 5.04. The fourth-order valence-electron chi connectivity index (χ4n) is 3.74. The van der Waals surface area contributed by atoms with Gasteiger partial charge in [0.05, 0.1) is 5.39 Å². The molecule has 7 nitrogen and oxygen atoms in total. The number of fused-ring (bicyclic) bond motifs is 2. The minimum atomic E-state index is -0.866. The highest BCUT2D eigenvalue weighted by atomic mass is 16.7. The fraction of sp³-hybridized carbons (Fsp3) is 0.267. The molecule has 0 N–H and O–H groups in total. The summed E-state index contributed by atoms with van der Waals surface area (Å²) in [5.41, 5.74) is -1.50. The van der Waals surface area contributed by atoms with Crippen molar-refractivity contribution in [3.8, 4) is 23.0 Å². The van der Waals surface area contributed by atoms with E-state index in [0.717, 1.165) is 0 Å².